The van der Waals surface area contributed by atoms with E-state index in [1.54, 1.807) is 0 Å². The van der Waals surface area contributed by atoms with E-state index in [0.29, 0.717) is 6.04 Å². The smallest absolute Gasteiger partial charge is 0.0247 e. The van der Waals surface area contributed by atoms with Gasteiger partial charge in [0.15, 0.2) is 0 Å². The average molecular weight is 252 g/mol. The molecule has 3 unspecified atom stereocenters. The minimum Gasteiger partial charge on any atom is -0.311 e. The molecular weight excluding hydrogens is 220 g/mol. The molecule has 3 atom stereocenters. The minimum atomic E-state index is 0.714. The molecule has 2 aliphatic rings. The number of nitrogens with one attached hydrogen (secondary N) is 1. The predicted molar refractivity (Wildman–Crippen MR) is 78.8 cm³/mol. The van der Waals surface area contributed by atoms with Crippen molar-refractivity contribution in [3.05, 3.63) is 0 Å². The Kier molecular flexibility index (Phi) is 5.08. The highest BCUT2D eigenvalue weighted by Gasteiger charge is 2.36. The first-order valence-corrected chi connectivity index (χ1v) is 8.12. The van der Waals surface area contributed by atoms with Gasteiger partial charge in [0.2, 0.25) is 0 Å². The second kappa shape index (κ2) is 6.38. The first kappa shape index (κ1) is 14.3. The van der Waals surface area contributed by atoms with Gasteiger partial charge in [0.1, 0.15) is 0 Å². The van der Waals surface area contributed by atoms with Crippen LogP contribution in [0, 0.1) is 11.8 Å². The van der Waals surface area contributed by atoms with Crippen molar-refractivity contribution in [1.29, 1.82) is 0 Å². The number of hydrogen-bond donors (Lipinski definition) is 1. The van der Waals surface area contributed by atoms with Crippen LogP contribution in [-0.4, -0.2) is 36.1 Å². The lowest BCUT2D eigenvalue weighted by atomic mass is 9.90. The van der Waals surface area contributed by atoms with E-state index in [4.69, 9.17) is 0 Å². The van der Waals surface area contributed by atoms with Crippen molar-refractivity contribution in [2.75, 3.05) is 13.1 Å². The molecule has 1 saturated carbocycles. The summed E-state index contributed by atoms with van der Waals surface area (Å²) in [5.74, 6) is 1.58. The molecule has 0 aromatic heterocycles. The molecule has 0 amide bonds. The summed E-state index contributed by atoms with van der Waals surface area (Å²) in [7, 11) is 0. The Labute approximate surface area is 114 Å². The largest absolute Gasteiger partial charge is 0.311 e. The van der Waals surface area contributed by atoms with E-state index in [1.807, 2.05) is 0 Å². The molecule has 2 nitrogen and oxygen atoms in total. The van der Waals surface area contributed by atoms with Gasteiger partial charge in [-0.1, -0.05) is 47.0 Å². The SMILES string of the molecule is CCC(C)C1CN(C2CCCC2)C(C(C)C)CN1. The first-order valence-electron chi connectivity index (χ1n) is 8.12. The van der Waals surface area contributed by atoms with Crippen LogP contribution >= 0.6 is 0 Å². The molecule has 1 aliphatic heterocycles. The van der Waals surface area contributed by atoms with Crippen molar-refractivity contribution in [3.8, 4) is 0 Å². The maximum Gasteiger partial charge on any atom is 0.0247 e. The van der Waals surface area contributed by atoms with Gasteiger partial charge in [0, 0.05) is 31.2 Å². The number of hydrogen-bond acceptors (Lipinski definition) is 2. The van der Waals surface area contributed by atoms with Gasteiger partial charge >= 0.3 is 0 Å². The average Bonchev–Trinajstić information content (AvgIpc) is 2.90. The van der Waals surface area contributed by atoms with Gasteiger partial charge in [-0.25, -0.2) is 0 Å². The minimum absolute atomic E-state index is 0.714. The van der Waals surface area contributed by atoms with E-state index in [9.17, 15) is 0 Å². The van der Waals surface area contributed by atoms with E-state index in [-0.39, 0.29) is 0 Å². The summed E-state index contributed by atoms with van der Waals surface area (Å²) in [6.45, 7) is 12.0. The predicted octanol–water partition coefficient (Wildman–Crippen LogP) is 3.27. The molecule has 0 radical (unpaired) electrons. The highest BCUT2D eigenvalue weighted by molar-refractivity contribution is 4.93. The first-order chi connectivity index (χ1) is 8.63. The van der Waals surface area contributed by atoms with Crippen molar-refractivity contribution >= 4 is 0 Å². The second-order valence-corrected chi connectivity index (χ2v) is 6.85. The molecule has 1 saturated heterocycles. The molecule has 18 heavy (non-hydrogen) atoms. The lowest BCUT2D eigenvalue weighted by molar-refractivity contribution is 0.0452. The molecule has 2 fully saturated rings. The summed E-state index contributed by atoms with van der Waals surface area (Å²) < 4.78 is 0. The summed E-state index contributed by atoms with van der Waals surface area (Å²) >= 11 is 0. The fourth-order valence-electron chi connectivity index (χ4n) is 3.76. The summed E-state index contributed by atoms with van der Waals surface area (Å²) in [4.78, 5) is 2.87. The number of piperazine rings is 1. The van der Waals surface area contributed by atoms with Crippen LogP contribution in [-0.2, 0) is 0 Å². The van der Waals surface area contributed by atoms with Crippen LogP contribution in [0.1, 0.15) is 59.8 Å². The van der Waals surface area contributed by atoms with E-state index in [0.717, 1.165) is 23.9 Å². The fourth-order valence-corrected chi connectivity index (χ4v) is 3.76. The zero-order valence-corrected chi connectivity index (χ0v) is 12.8. The second-order valence-electron chi connectivity index (χ2n) is 6.85. The summed E-state index contributed by atoms with van der Waals surface area (Å²) in [5, 5.41) is 3.81. The van der Waals surface area contributed by atoms with Gasteiger partial charge in [-0.2, -0.15) is 0 Å². The summed E-state index contributed by atoms with van der Waals surface area (Å²) in [5.41, 5.74) is 0. The fraction of sp³-hybridized carbons (Fsp3) is 1.00. The van der Waals surface area contributed by atoms with Crippen LogP contribution in [0.25, 0.3) is 0 Å². The quantitative estimate of drug-likeness (QED) is 0.826. The zero-order chi connectivity index (χ0) is 13.1. The van der Waals surface area contributed by atoms with Crippen molar-refractivity contribution in [3.63, 3.8) is 0 Å². The van der Waals surface area contributed by atoms with Gasteiger partial charge < -0.3 is 5.32 Å². The molecule has 1 aliphatic carbocycles. The van der Waals surface area contributed by atoms with Gasteiger partial charge in [-0.15, -0.1) is 0 Å². The third-order valence-corrected chi connectivity index (χ3v) is 5.32. The van der Waals surface area contributed by atoms with Crippen molar-refractivity contribution in [2.45, 2.75) is 77.9 Å². The Morgan fingerprint density at radius 3 is 2.39 bits per heavy atom. The summed E-state index contributed by atoms with van der Waals surface area (Å²) in [6.07, 6.45) is 7.08. The highest BCUT2D eigenvalue weighted by atomic mass is 15.3. The van der Waals surface area contributed by atoms with Crippen LogP contribution in [0.2, 0.25) is 0 Å². The highest BCUT2D eigenvalue weighted by Crippen LogP contribution is 2.30. The van der Waals surface area contributed by atoms with E-state index in [2.05, 4.69) is 37.9 Å². The molecule has 2 heteroatoms. The molecule has 1 N–H and O–H groups in total. The van der Waals surface area contributed by atoms with Gasteiger partial charge in [0.25, 0.3) is 0 Å². The zero-order valence-electron chi connectivity index (χ0n) is 12.8. The molecule has 0 spiro atoms. The molecule has 0 aromatic carbocycles. The standard InChI is InChI=1S/C16H32N2/c1-5-13(4)15-11-18(14-8-6-7-9-14)16(10-17-15)12(2)3/h12-17H,5-11H2,1-4H3. The maximum atomic E-state index is 3.81. The Balaban J connectivity index is 2.03. The van der Waals surface area contributed by atoms with Crippen LogP contribution in [0.15, 0.2) is 0 Å². The third-order valence-electron chi connectivity index (χ3n) is 5.32. The normalized spacial score (nSPS) is 33.2. The van der Waals surface area contributed by atoms with Crippen molar-refractivity contribution in [1.82, 2.24) is 10.2 Å². The Hall–Kier alpha value is -0.0800. The third kappa shape index (κ3) is 3.08. The monoisotopic (exact) mass is 252 g/mol. The number of nitrogens with zero attached hydrogens (tertiary/aromatic N) is 1. The van der Waals surface area contributed by atoms with Crippen LogP contribution < -0.4 is 5.32 Å². The molecule has 1 heterocycles. The molecule has 106 valence electrons. The lowest BCUT2D eigenvalue weighted by Crippen LogP contribution is -2.62. The van der Waals surface area contributed by atoms with E-state index < -0.39 is 0 Å². The Bertz CT molecular complexity index is 245. The van der Waals surface area contributed by atoms with Crippen LogP contribution in [0.3, 0.4) is 0 Å². The van der Waals surface area contributed by atoms with Gasteiger partial charge in [0.05, 0.1) is 0 Å². The maximum absolute atomic E-state index is 3.81. The topological polar surface area (TPSA) is 15.3 Å². The van der Waals surface area contributed by atoms with E-state index >= 15 is 0 Å². The Morgan fingerprint density at radius 2 is 1.83 bits per heavy atom. The van der Waals surface area contributed by atoms with E-state index in [1.165, 1.54) is 45.2 Å². The molecular formula is C16H32N2. The molecule has 0 aromatic rings. The van der Waals surface area contributed by atoms with Crippen LogP contribution in [0.5, 0.6) is 0 Å². The number of rotatable bonds is 4. The molecule has 2 rings (SSSR count). The van der Waals surface area contributed by atoms with Crippen molar-refractivity contribution in [2.24, 2.45) is 11.8 Å². The summed E-state index contributed by atoms with van der Waals surface area (Å²) in [6, 6.07) is 2.35. The van der Waals surface area contributed by atoms with Gasteiger partial charge in [-0.3, -0.25) is 4.90 Å². The molecule has 0 bridgehead atoms. The lowest BCUT2D eigenvalue weighted by Gasteiger charge is -2.47. The van der Waals surface area contributed by atoms with Crippen LogP contribution in [0.4, 0.5) is 0 Å². The Morgan fingerprint density at radius 1 is 1.17 bits per heavy atom. The van der Waals surface area contributed by atoms with Crippen molar-refractivity contribution < 1.29 is 0 Å². The van der Waals surface area contributed by atoms with Gasteiger partial charge in [-0.05, 0) is 24.7 Å².